The fourth-order valence-corrected chi connectivity index (χ4v) is 2.56. The highest BCUT2D eigenvalue weighted by atomic mass is 32.2. The first-order valence-corrected chi connectivity index (χ1v) is 7.00. The molecule has 0 saturated heterocycles. The van der Waals surface area contributed by atoms with Gasteiger partial charge in [-0.25, -0.2) is 14.8 Å². The van der Waals surface area contributed by atoms with Gasteiger partial charge < -0.3 is 9.67 Å². The van der Waals surface area contributed by atoms with Crippen molar-refractivity contribution in [1.29, 1.82) is 0 Å². The summed E-state index contributed by atoms with van der Waals surface area (Å²) in [6.07, 6.45) is 6.24. The molecule has 0 aliphatic heterocycles. The van der Waals surface area contributed by atoms with Crippen LogP contribution in [-0.4, -0.2) is 25.6 Å². The van der Waals surface area contributed by atoms with Gasteiger partial charge in [0.25, 0.3) is 0 Å². The molecule has 2 rings (SSSR count). The SMILES string of the molecule is CCCn1cncc1CSc1cc(C(=O)O)ccn1. The van der Waals surface area contributed by atoms with Gasteiger partial charge in [0.15, 0.2) is 0 Å². The number of carboxylic acids is 1. The minimum atomic E-state index is -0.930. The van der Waals surface area contributed by atoms with Gasteiger partial charge in [-0.1, -0.05) is 6.92 Å². The first-order chi connectivity index (χ1) is 9.20. The molecule has 0 aliphatic rings. The molecule has 0 radical (unpaired) electrons. The van der Waals surface area contributed by atoms with Crippen LogP contribution in [0.4, 0.5) is 0 Å². The van der Waals surface area contributed by atoms with Crippen molar-refractivity contribution < 1.29 is 9.90 Å². The molecule has 5 nitrogen and oxygen atoms in total. The Morgan fingerprint density at radius 1 is 1.53 bits per heavy atom. The minimum Gasteiger partial charge on any atom is -0.478 e. The van der Waals surface area contributed by atoms with Crippen LogP contribution in [0.1, 0.15) is 29.4 Å². The van der Waals surface area contributed by atoms with Gasteiger partial charge in [0.05, 0.1) is 16.9 Å². The fourth-order valence-electron chi connectivity index (χ4n) is 1.68. The predicted octanol–water partition coefficient (Wildman–Crippen LogP) is 2.68. The Labute approximate surface area is 115 Å². The molecule has 0 aliphatic carbocycles. The maximum absolute atomic E-state index is 10.9. The van der Waals surface area contributed by atoms with E-state index in [2.05, 4.69) is 21.5 Å². The van der Waals surface area contributed by atoms with Crippen LogP contribution in [0.2, 0.25) is 0 Å². The lowest BCUT2D eigenvalue weighted by Gasteiger charge is -2.06. The summed E-state index contributed by atoms with van der Waals surface area (Å²) in [6, 6.07) is 3.08. The van der Waals surface area contributed by atoms with Crippen molar-refractivity contribution in [3.8, 4) is 0 Å². The Hall–Kier alpha value is -1.82. The summed E-state index contributed by atoms with van der Waals surface area (Å²) in [4.78, 5) is 19.2. The van der Waals surface area contributed by atoms with E-state index in [4.69, 9.17) is 5.11 Å². The van der Waals surface area contributed by atoms with Crippen molar-refractivity contribution in [2.45, 2.75) is 30.7 Å². The molecule has 0 aromatic carbocycles. The van der Waals surface area contributed by atoms with Crippen LogP contribution in [0.5, 0.6) is 0 Å². The number of carboxylic acid groups (broad SMARTS) is 1. The van der Waals surface area contributed by atoms with Crippen molar-refractivity contribution >= 4 is 17.7 Å². The quantitative estimate of drug-likeness (QED) is 0.822. The van der Waals surface area contributed by atoms with E-state index in [-0.39, 0.29) is 5.56 Å². The Morgan fingerprint density at radius 2 is 2.37 bits per heavy atom. The van der Waals surface area contributed by atoms with Crippen molar-refractivity contribution in [1.82, 2.24) is 14.5 Å². The molecule has 0 unspecified atom stereocenters. The van der Waals surface area contributed by atoms with E-state index in [9.17, 15) is 4.79 Å². The predicted molar refractivity (Wildman–Crippen MR) is 73.3 cm³/mol. The molecule has 2 aromatic rings. The zero-order chi connectivity index (χ0) is 13.7. The molecular formula is C13H15N3O2S. The molecule has 6 heteroatoms. The fraction of sp³-hybridized carbons (Fsp3) is 0.308. The molecule has 19 heavy (non-hydrogen) atoms. The standard InChI is InChI=1S/C13H15N3O2S/c1-2-5-16-9-14-7-11(16)8-19-12-6-10(13(17)18)3-4-15-12/h3-4,6-7,9H,2,5,8H2,1H3,(H,17,18). The van der Waals surface area contributed by atoms with E-state index in [1.165, 1.54) is 24.0 Å². The lowest BCUT2D eigenvalue weighted by atomic mass is 10.3. The van der Waals surface area contributed by atoms with E-state index >= 15 is 0 Å². The van der Waals surface area contributed by atoms with Crippen LogP contribution >= 0.6 is 11.8 Å². The number of pyridine rings is 1. The molecule has 2 heterocycles. The van der Waals surface area contributed by atoms with Crippen LogP contribution in [0.3, 0.4) is 0 Å². The number of aryl methyl sites for hydroxylation is 1. The molecule has 0 bridgehead atoms. The monoisotopic (exact) mass is 277 g/mol. The second kappa shape index (κ2) is 6.38. The first-order valence-electron chi connectivity index (χ1n) is 6.02. The topological polar surface area (TPSA) is 68.0 Å². The largest absolute Gasteiger partial charge is 0.478 e. The van der Waals surface area contributed by atoms with Gasteiger partial charge in [0.2, 0.25) is 0 Å². The summed E-state index contributed by atoms with van der Waals surface area (Å²) in [7, 11) is 0. The van der Waals surface area contributed by atoms with Crippen LogP contribution in [0.15, 0.2) is 35.9 Å². The lowest BCUT2D eigenvalue weighted by Crippen LogP contribution is -2.00. The summed E-state index contributed by atoms with van der Waals surface area (Å²) in [6.45, 7) is 3.06. The average molecular weight is 277 g/mol. The minimum absolute atomic E-state index is 0.263. The van der Waals surface area contributed by atoms with Crippen LogP contribution < -0.4 is 0 Å². The van der Waals surface area contributed by atoms with Gasteiger partial charge in [0, 0.05) is 30.4 Å². The van der Waals surface area contributed by atoms with Crippen LogP contribution in [0, 0.1) is 0 Å². The number of thioether (sulfide) groups is 1. The summed E-state index contributed by atoms with van der Waals surface area (Å²) in [5.74, 6) is -0.198. The third kappa shape index (κ3) is 3.57. The molecule has 0 saturated carbocycles. The molecule has 0 atom stereocenters. The molecule has 2 aromatic heterocycles. The third-order valence-corrected chi connectivity index (χ3v) is 3.57. The Kier molecular flexibility index (Phi) is 4.57. The Bertz CT molecular complexity index is 569. The zero-order valence-electron chi connectivity index (χ0n) is 10.6. The number of imidazole rings is 1. The van der Waals surface area contributed by atoms with Gasteiger partial charge >= 0.3 is 5.97 Å². The number of hydrogen-bond donors (Lipinski definition) is 1. The summed E-state index contributed by atoms with van der Waals surface area (Å²) in [5, 5.41) is 9.64. The smallest absolute Gasteiger partial charge is 0.335 e. The highest BCUT2D eigenvalue weighted by Gasteiger charge is 2.06. The Balaban J connectivity index is 2.04. The maximum atomic E-state index is 10.9. The van der Waals surface area contributed by atoms with E-state index in [1.54, 1.807) is 6.07 Å². The average Bonchev–Trinajstić information content (AvgIpc) is 2.85. The molecule has 1 N–H and O–H groups in total. The normalized spacial score (nSPS) is 10.6. The summed E-state index contributed by atoms with van der Waals surface area (Å²) >= 11 is 1.51. The van der Waals surface area contributed by atoms with Gasteiger partial charge in [-0.15, -0.1) is 11.8 Å². The van der Waals surface area contributed by atoms with E-state index in [1.807, 2.05) is 12.5 Å². The summed E-state index contributed by atoms with van der Waals surface area (Å²) in [5.41, 5.74) is 1.38. The number of rotatable bonds is 6. The maximum Gasteiger partial charge on any atom is 0.335 e. The van der Waals surface area contributed by atoms with E-state index in [0.29, 0.717) is 5.03 Å². The van der Waals surface area contributed by atoms with Crippen molar-refractivity contribution in [3.05, 3.63) is 42.1 Å². The zero-order valence-corrected chi connectivity index (χ0v) is 11.4. The second-order valence-electron chi connectivity index (χ2n) is 4.05. The van der Waals surface area contributed by atoms with Crippen LogP contribution in [-0.2, 0) is 12.3 Å². The van der Waals surface area contributed by atoms with E-state index in [0.717, 1.165) is 24.4 Å². The third-order valence-electron chi connectivity index (χ3n) is 2.61. The summed E-state index contributed by atoms with van der Waals surface area (Å²) < 4.78 is 2.11. The number of carbonyl (C=O) groups is 1. The highest BCUT2D eigenvalue weighted by molar-refractivity contribution is 7.98. The molecular weight excluding hydrogens is 262 g/mol. The molecule has 0 amide bonds. The number of aromatic nitrogens is 3. The van der Waals surface area contributed by atoms with E-state index < -0.39 is 5.97 Å². The van der Waals surface area contributed by atoms with Gasteiger partial charge in [-0.3, -0.25) is 0 Å². The van der Waals surface area contributed by atoms with Gasteiger partial charge in [0.1, 0.15) is 0 Å². The van der Waals surface area contributed by atoms with Crippen LogP contribution in [0.25, 0.3) is 0 Å². The van der Waals surface area contributed by atoms with Crippen molar-refractivity contribution in [2.75, 3.05) is 0 Å². The lowest BCUT2D eigenvalue weighted by molar-refractivity contribution is 0.0696. The molecule has 0 spiro atoms. The number of aromatic carboxylic acids is 1. The molecule has 0 fully saturated rings. The highest BCUT2D eigenvalue weighted by Crippen LogP contribution is 2.21. The van der Waals surface area contributed by atoms with Gasteiger partial charge in [-0.2, -0.15) is 0 Å². The second-order valence-corrected chi connectivity index (χ2v) is 5.05. The Morgan fingerprint density at radius 3 is 3.11 bits per heavy atom. The van der Waals surface area contributed by atoms with Crippen molar-refractivity contribution in [2.24, 2.45) is 0 Å². The van der Waals surface area contributed by atoms with Gasteiger partial charge in [-0.05, 0) is 18.6 Å². The molecule has 100 valence electrons. The first kappa shape index (κ1) is 13.6. The number of hydrogen-bond acceptors (Lipinski definition) is 4. The van der Waals surface area contributed by atoms with Crippen molar-refractivity contribution in [3.63, 3.8) is 0 Å². The number of nitrogens with zero attached hydrogens (tertiary/aromatic N) is 3.